The van der Waals surface area contributed by atoms with Gasteiger partial charge in [-0.15, -0.1) is 0 Å². The third-order valence-corrected chi connectivity index (χ3v) is 2.95. The summed E-state index contributed by atoms with van der Waals surface area (Å²) < 4.78 is 1.73. The molecule has 1 amide bonds. The fourth-order valence-electron chi connectivity index (χ4n) is 1.79. The predicted molar refractivity (Wildman–Crippen MR) is 77.9 cm³/mol. The molecule has 2 aromatic heterocycles. The molecule has 0 saturated carbocycles. The Kier molecular flexibility index (Phi) is 3.48. The lowest BCUT2D eigenvalue weighted by Crippen LogP contribution is -2.15. The minimum atomic E-state index is -0.564. The van der Waals surface area contributed by atoms with Gasteiger partial charge in [-0.25, -0.2) is 4.98 Å². The predicted octanol–water partition coefficient (Wildman–Crippen LogP) is 1.96. The molecule has 0 aliphatic heterocycles. The van der Waals surface area contributed by atoms with E-state index in [-0.39, 0.29) is 11.1 Å². The minimum Gasteiger partial charge on any atom is -0.364 e. The largest absolute Gasteiger partial charge is 0.364 e. The van der Waals surface area contributed by atoms with Crippen molar-refractivity contribution in [3.05, 3.63) is 35.8 Å². The van der Waals surface area contributed by atoms with E-state index in [4.69, 9.17) is 5.73 Å². The van der Waals surface area contributed by atoms with Gasteiger partial charge in [0.25, 0.3) is 5.91 Å². The van der Waals surface area contributed by atoms with E-state index in [2.05, 4.69) is 36.2 Å². The van der Waals surface area contributed by atoms with Gasteiger partial charge in [-0.05, 0) is 12.1 Å². The molecule has 0 unspecified atom stereocenters. The summed E-state index contributed by atoms with van der Waals surface area (Å²) >= 11 is 0. The number of amides is 1. The van der Waals surface area contributed by atoms with E-state index in [9.17, 15) is 4.79 Å². The first kappa shape index (κ1) is 14.0. The van der Waals surface area contributed by atoms with Gasteiger partial charge in [0.05, 0.1) is 11.4 Å². The van der Waals surface area contributed by atoms with E-state index < -0.39 is 5.91 Å². The molecule has 0 aliphatic rings. The number of nitrogens with two attached hydrogens (primary N) is 1. The number of aromatic nitrogens is 3. The van der Waals surface area contributed by atoms with Crippen molar-refractivity contribution in [1.82, 2.24) is 14.8 Å². The topological polar surface area (TPSA) is 85.8 Å². The molecular formula is C14H19N5O. The molecule has 0 spiro atoms. The third kappa shape index (κ3) is 2.79. The molecule has 2 heterocycles. The molecule has 0 atom stereocenters. The van der Waals surface area contributed by atoms with Crippen LogP contribution in [-0.2, 0) is 12.5 Å². The molecule has 0 aromatic carbocycles. The number of pyridine rings is 1. The quantitative estimate of drug-likeness (QED) is 0.895. The summed E-state index contributed by atoms with van der Waals surface area (Å²) in [6, 6.07) is 5.46. The average Bonchev–Trinajstić information content (AvgIpc) is 2.71. The van der Waals surface area contributed by atoms with Crippen molar-refractivity contribution in [1.29, 1.82) is 0 Å². The normalized spacial score (nSPS) is 11.4. The Morgan fingerprint density at radius 2 is 2.10 bits per heavy atom. The number of nitrogens with one attached hydrogen (secondary N) is 1. The van der Waals surface area contributed by atoms with E-state index >= 15 is 0 Å². The number of carbonyl (C=O) groups excluding carboxylic acids is 1. The van der Waals surface area contributed by atoms with Crippen LogP contribution in [0.15, 0.2) is 24.4 Å². The van der Waals surface area contributed by atoms with Gasteiger partial charge in [0, 0.05) is 24.7 Å². The van der Waals surface area contributed by atoms with Crippen molar-refractivity contribution in [3.63, 3.8) is 0 Å². The third-order valence-electron chi connectivity index (χ3n) is 2.95. The number of rotatable bonds is 3. The van der Waals surface area contributed by atoms with Crippen molar-refractivity contribution in [3.8, 4) is 0 Å². The van der Waals surface area contributed by atoms with Crippen LogP contribution in [0.1, 0.15) is 37.0 Å². The van der Waals surface area contributed by atoms with Gasteiger partial charge in [-0.2, -0.15) is 5.10 Å². The Balaban J connectivity index is 2.36. The number of carbonyl (C=O) groups is 1. The monoisotopic (exact) mass is 273 g/mol. The molecule has 0 saturated heterocycles. The van der Waals surface area contributed by atoms with Crippen molar-refractivity contribution in [2.45, 2.75) is 26.2 Å². The fraction of sp³-hybridized carbons (Fsp3) is 0.357. The van der Waals surface area contributed by atoms with Crippen LogP contribution < -0.4 is 11.1 Å². The number of primary amides is 1. The molecule has 3 N–H and O–H groups in total. The number of nitrogens with zero attached hydrogens (tertiary/aromatic N) is 3. The lowest BCUT2D eigenvalue weighted by molar-refractivity contribution is 0.0996. The van der Waals surface area contributed by atoms with Gasteiger partial charge >= 0.3 is 0 Å². The van der Waals surface area contributed by atoms with Crippen LogP contribution in [0.2, 0.25) is 0 Å². The maximum Gasteiger partial charge on any atom is 0.269 e. The minimum absolute atomic E-state index is 0.0425. The van der Waals surface area contributed by atoms with Crippen LogP contribution in [0.25, 0.3) is 0 Å². The van der Waals surface area contributed by atoms with E-state index in [1.807, 2.05) is 13.1 Å². The Labute approximate surface area is 118 Å². The summed E-state index contributed by atoms with van der Waals surface area (Å²) in [5, 5.41) is 7.62. The van der Waals surface area contributed by atoms with E-state index in [1.165, 1.54) is 6.20 Å². The van der Waals surface area contributed by atoms with E-state index in [0.717, 1.165) is 11.5 Å². The number of hydrogen-bond donors (Lipinski definition) is 2. The maximum atomic E-state index is 11.4. The molecule has 0 bridgehead atoms. The first-order valence-electron chi connectivity index (χ1n) is 6.35. The second-order valence-corrected chi connectivity index (χ2v) is 5.68. The molecule has 2 rings (SSSR count). The molecule has 0 aliphatic carbocycles. The van der Waals surface area contributed by atoms with Crippen LogP contribution >= 0.6 is 0 Å². The lowest BCUT2D eigenvalue weighted by atomic mass is 9.92. The van der Waals surface area contributed by atoms with Crippen LogP contribution in [0.5, 0.6) is 0 Å². The standard InChI is InChI=1S/C14H19N5O/c1-14(2,3)10-8-11(19(4)18-10)17-9-6-5-7-16-12(9)13(15)20/h5-8,17H,1-4H3,(H2,15,20). The van der Waals surface area contributed by atoms with Gasteiger partial charge in [0.1, 0.15) is 5.82 Å². The zero-order chi connectivity index (χ0) is 14.9. The summed E-state index contributed by atoms with van der Waals surface area (Å²) in [4.78, 5) is 15.4. The zero-order valence-electron chi connectivity index (χ0n) is 12.1. The van der Waals surface area contributed by atoms with Crippen molar-refractivity contribution in [2.24, 2.45) is 12.8 Å². The SMILES string of the molecule is Cn1nc(C(C)(C)C)cc1Nc1cccnc1C(N)=O. The Hall–Kier alpha value is -2.37. The van der Waals surface area contributed by atoms with Crippen molar-refractivity contribution < 1.29 is 4.79 Å². The summed E-state index contributed by atoms with van der Waals surface area (Å²) in [6.07, 6.45) is 1.54. The van der Waals surface area contributed by atoms with Crippen LogP contribution in [0.4, 0.5) is 11.5 Å². The second-order valence-electron chi connectivity index (χ2n) is 5.68. The fourth-order valence-corrected chi connectivity index (χ4v) is 1.79. The molecule has 6 heteroatoms. The zero-order valence-corrected chi connectivity index (χ0v) is 12.1. The lowest BCUT2D eigenvalue weighted by Gasteiger charge is -2.13. The van der Waals surface area contributed by atoms with E-state index in [0.29, 0.717) is 5.69 Å². The smallest absolute Gasteiger partial charge is 0.269 e. The van der Waals surface area contributed by atoms with Gasteiger partial charge in [0.2, 0.25) is 0 Å². The number of hydrogen-bond acceptors (Lipinski definition) is 4. The Bertz CT molecular complexity index is 639. The Morgan fingerprint density at radius 1 is 1.40 bits per heavy atom. The molecule has 0 radical (unpaired) electrons. The first-order valence-corrected chi connectivity index (χ1v) is 6.35. The summed E-state index contributed by atoms with van der Waals surface area (Å²) in [7, 11) is 1.85. The van der Waals surface area contributed by atoms with Gasteiger partial charge < -0.3 is 11.1 Å². The van der Waals surface area contributed by atoms with Crippen LogP contribution in [-0.4, -0.2) is 20.7 Å². The molecule has 0 fully saturated rings. The highest BCUT2D eigenvalue weighted by Crippen LogP contribution is 2.25. The first-order chi connectivity index (χ1) is 9.29. The van der Waals surface area contributed by atoms with Crippen molar-refractivity contribution >= 4 is 17.4 Å². The van der Waals surface area contributed by atoms with Crippen LogP contribution in [0.3, 0.4) is 0 Å². The van der Waals surface area contributed by atoms with Gasteiger partial charge in [-0.3, -0.25) is 9.48 Å². The highest BCUT2D eigenvalue weighted by atomic mass is 16.1. The molecule has 20 heavy (non-hydrogen) atoms. The van der Waals surface area contributed by atoms with Gasteiger partial charge in [-0.1, -0.05) is 20.8 Å². The van der Waals surface area contributed by atoms with Gasteiger partial charge in [0.15, 0.2) is 5.69 Å². The Morgan fingerprint density at radius 3 is 2.65 bits per heavy atom. The summed E-state index contributed by atoms with van der Waals surface area (Å²) in [5.74, 6) is 0.219. The maximum absolute atomic E-state index is 11.4. The van der Waals surface area contributed by atoms with E-state index in [1.54, 1.807) is 16.8 Å². The number of anilines is 2. The molecular weight excluding hydrogens is 254 g/mol. The average molecular weight is 273 g/mol. The molecule has 106 valence electrons. The second kappa shape index (κ2) is 4.96. The highest BCUT2D eigenvalue weighted by molar-refractivity contribution is 5.96. The molecule has 2 aromatic rings. The highest BCUT2D eigenvalue weighted by Gasteiger charge is 2.19. The number of aryl methyl sites for hydroxylation is 1. The summed E-state index contributed by atoms with van der Waals surface area (Å²) in [6.45, 7) is 6.29. The molecule has 6 nitrogen and oxygen atoms in total. The summed E-state index contributed by atoms with van der Waals surface area (Å²) in [5.41, 5.74) is 7.03. The van der Waals surface area contributed by atoms with Crippen LogP contribution in [0, 0.1) is 0 Å². The van der Waals surface area contributed by atoms with Crippen molar-refractivity contribution in [2.75, 3.05) is 5.32 Å².